The Morgan fingerprint density at radius 1 is 1.39 bits per heavy atom. The van der Waals surface area contributed by atoms with Crippen molar-refractivity contribution in [1.82, 2.24) is 4.98 Å². The van der Waals surface area contributed by atoms with Gasteiger partial charge >= 0.3 is 0 Å². The Hall–Kier alpha value is -1.56. The largest absolute Gasteiger partial charge is 0.370 e. The molecule has 1 aliphatic rings. The maximum atomic E-state index is 8.90. The minimum Gasteiger partial charge on any atom is -0.370 e. The Morgan fingerprint density at radius 3 is 2.89 bits per heavy atom. The summed E-state index contributed by atoms with van der Waals surface area (Å²) >= 11 is 0. The minimum atomic E-state index is 0.681. The average molecular weight is 243 g/mol. The fraction of sp³-hybridized carbons (Fsp3) is 0.600. The average Bonchev–Trinajstić information content (AvgIpc) is 2.87. The Labute approximate surface area is 109 Å². The van der Waals surface area contributed by atoms with Gasteiger partial charge in [0.15, 0.2) is 0 Å². The van der Waals surface area contributed by atoms with Gasteiger partial charge in [0.2, 0.25) is 0 Å². The van der Waals surface area contributed by atoms with Crippen molar-refractivity contribution in [2.24, 2.45) is 5.92 Å². The molecule has 0 spiro atoms. The summed E-state index contributed by atoms with van der Waals surface area (Å²) in [5, 5.41) is 12.2. The molecule has 0 bridgehead atoms. The number of nitrogens with zero attached hydrogens (tertiary/aromatic N) is 2. The third-order valence-corrected chi connectivity index (χ3v) is 3.65. The molecule has 0 atom stereocenters. The van der Waals surface area contributed by atoms with Crippen molar-refractivity contribution < 1.29 is 0 Å². The molecule has 0 aromatic carbocycles. The topological polar surface area (TPSA) is 48.7 Å². The highest BCUT2D eigenvalue weighted by Gasteiger charge is 2.13. The van der Waals surface area contributed by atoms with E-state index in [0.29, 0.717) is 5.56 Å². The zero-order chi connectivity index (χ0) is 12.8. The summed E-state index contributed by atoms with van der Waals surface area (Å²) in [4.78, 5) is 4.39. The second-order valence-corrected chi connectivity index (χ2v) is 5.21. The number of aryl methyl sites for hydroxylation is 1. The molecule has 1 aliphatic carbocycles. The van der Waals surface area contributed by atoms with Crippen LogP contribution < -0.4 is 5.32 Å². The van der Waals surface area contributed by atoms with Crippen molar-refractivity contribution >= 4 is 5.82 Å². The van der Waals surface area contributed by atoms with Gasteiger partial charge in [-0.2, -0.15) is 5.26 Å². The standard InChI is InChI=1S/C15H21N3/c1-12-9-14(11-16)10-15(18-12)17-8-4-7-13-5-2-3-6-13/h9-10,13H,2-8H2,1H3,(H,17,18). The van der Waals surface area contributed by atoms with E-state index in [9.17, 15) is 0 Å². The quantitative estimate of drug-likeness (QED) is 0.803. The molecule has 3 nitrogen and oxygen atoms in total. The van der Waals surface area contributed by atoms with Gasteiger partial charge in [-0.1, -0.05) is 25.7 Å². The second-order valence-electron chi connectivity index (χ2n) is 5.21. The molecule has 0 saturated heterocycles. The predicted molar refractivity (Wildman–Crippen MR) is 73.4 cm³/mol. The normalized spacial score (nSPS) is 15.6. The van der Waals surface area contributed by atoms with E-state index >= 15 is 0 Å². The highest BCUT2D eigenvalue weighted by atomic mass is 15.0. The molecule has 1 heterocycles. The van der Waals surface area contributed by atoms with Crippen LogP contribution in [-0.2, 0) is 0 Å². The molecule has 96 valence electrons. The van der Waals surface area contributed by atoms with Gasteiger partial charge in [-0.05, 0) is 37.8 Å². The summed E-state index contributed by atoms with van der Waals surface area (Å²) in [5.41, 5.74) is 1.58. The van der Waals surface area contributed by atoms with Crippen LogP contribution in [0.3, 0.4) is 0 Å². The van der Waals surface area contributed by atoms with E-state index in [1.165, 1.54) is 38.5 Å². The third kappa shape index (κ3) is 3.73. The van der Waals surface area contributed by atoms with Crippen LogP contribution in [0, 0.1) is 24.2 Å². The van der Waals surface area contributed by atoms with E-state index in [4.69, 9.17) is 5.26 Å². The van der Waals surface area contributed by atoms with Crippen LogP contribution >= 0.6 is 0 Å². The summed E-state index contributed by atoms with van der Waals surface area (Å²) in [6, 6.07) is 5.79. The Bertz CT molecular complexity index is 428. The lowest BCUT2D eigenvalue weighted by Crippen LogP contribution is -2.06. The molecule has 0 radical (unpaired) electrons. The van der Waals surface area contributed by atoms with Gasteiger partial charge in [0.1, 0.15) is 5.82 Å². The van der Waals surface area contributed by atoms with Crippen molar-refractivity contribution in [3.63, 3.8) is 0 Å². The first-order valence-electron chi connectivity index (χ1n) is 6.90. The number of nitriles is 1. The summed E-state index contributed by atoms with van der Waals surface area (Å²) in [6.45, 7) is 2.88. The summed E-state index contributed by atoms with van der Waals surface area (Å²) in [6.07, 6.45) is 8.20. The van der Waals surface area contributed by atoms with Gasteiger partial charge in [0.25, 0.3) is 0 Å². The summed E-state index contributed by atoms with van der Waals surface area (Å²) in [7, 11) is 0. The monoisotopic (exact) mass is 243 g/mol. The van der Waals surface area contributed by atoms with E-state index < -0.39 is 0 Å². The molecule has 1 N–H and O–H groups in total. The highest BCUT2D eigenvalue weighted by molar-refractivity contribution is 5.44. The van der Waals surface area contributed by atoms with E-state index in [1.807, 2.05) is 19.1 Å². The molecule has 18 heavy (non-hydrogen) atoms. The lowest BCUT2D eigenvalue weighted by Gasteiger charge is -2.10. The van der Waals surface area contributed by atoms with E-state index in [1.54, 1.807) is 0 Å². The van der Waals surface area contributed by atoms with Crippen molar-refractivity contribution in [3.8, 4) is 6.07 Å². The molecule has 0 amide bonds. The van der Waals surface area contributed by atoms with Crippen molar-refractivity contribution in [2.45, 2.75) is 45.4 Å². The van der Waals surface area contributed by atoms with Crippen LogP contribution in [0.5, 0.6) is 0 Å². The molecule has 1 aromatic rings. The number of anilines is 1. The van der Waals surface area contributed by atoms with E-state index in [2.05, 4.69) is 16.4 Å². The summed E-state index contributed by atoms with van der Waals surface area (Å²) < 4.78 is 0. The smallest absolute Gasteiger partial charge is 0.127 e. The zero-order valence-electron chi connectivity index (χ0n) is 11.1. The second kappa shape index (κ2) is 6.39. The first kappa shape index (κ1) is 12.9. The van der Waals surface area contributed by atoms with Gasteiger partial charge in [0.05, 0.1) is 11.6 Å². The minimum absolute atomic E-state index is 0.681. The molecular weight excluding hydrogens is 222 g/mol. The number of hydrogen-bond donors (Lipinski definition) is 1. The fourth-order valence-corrected chi connectivity index (χ4v) is 2.73. The first-order valence-corrected chi connectivity index (χ1v) is 6.90. The maximum absolute atomic E-state index is 8.90. The Kier molecular flexibility index (Phi) is 4.58. The Morgan fingerprint density at radius 2 is 2.17 bits per heavy atom. The van der Waals surface area contributed by atoms with Gasteiger partial charge in [-0.15, -0.1) is 0 Å². The SMILES string of the molecule is Cc1cc(C#N)cc(NCCCC2CCCC2)n1. The molecule has 1 aromatic heterocycles. The van der Waals surface area contributed by atoms with Gasteiger partial charge in [-0.3, -0.25) is 0 Å². The molecule has 2 rings (SSSR count). The van der Waals surface area contributed by atoms with Gasteiger partial charge in [-0.25, -0.2) is 4.98 Å². The maximum Gasteiger partial charge on any atom is 0.127 e. The number of rotatable bonds is 5. The van der Waals surface area contributed by atoms with Crippen LogP contribution in [0.1, 0.15) is 49.8 Å². The molecule has 3 heteroatoms. The first-order chi connectivity index (χ1) is 8.78. The number of nitrogens with one attached hydrogen (secondary N) is 1. The van der Waals surface area contributed by atoms with Crippen LogP contribution in [0.15, 0.2) is 12.1 Å². The van der Waals surface area contributed by atoms with Gasteiger partial charge in [0, 0.05) is 12.2 Å². The van der Waals surface area contributed by atoms with Crippen molar-refractivity contribution in [2.75, 3.05) is 11.9 Å². The molecule has 0 unspecified atom stereocenters. The van der Waals surface area contributed by atoms with Crippen molar-refractivity contribution in [1.29, 1.82) is 5.26 Å². The lowest BCUT2D eigenvalue weighted by atomic mass is 10.0. The third-order valence-electron chi connectivity index (χ3n) is 3.65. The highest BCUT2D eigenvalue weighted by Crippen LogP contribution is 2.28. The predicted octanol–water partition coefficient (Wildman–Crippen LogP) is 3.64. The van der Waals surface area contributed by atoms with Gasteiger partial charge < -0.3 is 5.32 Å². The molecule has 1 saturated carbocycles. The van der Waals surface area contributed by atoms with E-state index in [-0.39, 0.29) is 0 Å². The van der Waals surface area contributed by atoms with Crippen LogP contribution in [0.4, 0.5) is 5.82 Å². The summed E-state index contributed by atoms with van der Waals surface area (Å²) in [5.74, 6) is 1.78. The molecule has 1 fully saturated rings. The van der Waals surface area contributed by atoms with Crippen molar-refractivity contribution in [3.05, 3.63) is 23.4 Å². The van der Waals surface area contributed by atoms with E-state index in [0.717, 1.165) is 24.0 Å². The lowest BCUT2D eigenvalue weighted by molar-refractivity contribution is 0.491. The fourth-order valence-electron chi connectivity index (χ4n) is 2.73. The number of hydrogen-bond acceptors (Lipinski definition) is 3. The molecule has 0 aliphatic heterocycles. The zero-order valence-corrected chi connectivity index (χ0v) is 11.1. The van der Waals surface area contributed by atoms with Crippen LogP contribution in [0.2, 0.25) is 0 Å². The number of aromatic nitrogens is 1. The van der Waals surface area contributed by atoms with Crippen LogP contribution in [0.25, 0.3) is 0 Å². The Balaban J connectivity index is 1.75. The molecular formula is C15H21N3. The number of pyridine rings is 1. The van der Waals surface area contributed by atoms with Crippen LogP contribution in [-0.4, -0.2) is 11.5 Å².